The first-order valence-corrected chi connectivity index (χ1v) is 8.63. The molecule has 1 aromatic carbocycles. The van der Waals surface area contributed by atoms with Gasteiger partial charge in [0.2, 0.25) is 5.91 Å². The Balaban J connectivity index is 0.00000208. The zero-order chi connectivity index (χ0) is 16.1. The molecular weight excluding hydrogens is 328 g/mol. The van der Waals surface area contributed by atoms with E-state index in [1.165, 1.54) is 19.3 Å². The first-order chi connectivity index (χ1) is 11.2. The molecule has 1 aliphatic carbocycles. The highest BCUT2D eigenvalue weighted by atomic mass is 35.5. The van der Waals surface area contributed by atoms with Crippen LogP contribution in [0.15, 0.2) is 24.3 Å². The highest BCUT2D eigenvalue weighted by Crippen LogP contribution is 2.22. The Kier molecular flexibility index (Phi) is 7.49. The van der Waals surface area contributed by atoms with Crippen LogP contribution in [-0.4, -0.2) is 35.8 Å². The molecule has 2 fully saturated rings. The number of carbonyl (C=O) groups excluding carboxylic acids is 1. The van der Waals surface area contributed by atoms with E-state index in [-0.39, 0.29) is 24.4 Å². The van der Waals surface area contributed by atoms with Crippen LogP contribution in [0, 0.1) is 0 Å². The van der Waals surface area contributed by atoms with Gasteiger partial charge in [0, 0.05) is 12.2 Å². The van der Waals surface area contributed by atoms with Crippen molar-refractivity contribution < 1.29 is 14.6 Å². The number of carbonyl (C=O) groups is 1. The number of β-amino-alcohol motifs (C(OH)–C–C–N with tert-alkyl or cyclic N) is 1. The molecule has 0 spiro atoms. The fraction of sp³-hybridized carbons (Fsp3) is 0.611. The number of halogens is 1. The van der Waals surface area contributed by atoms with Gasteiger partial charge in [-0.3, -0.25) is 4.79 Å². The molecule has 24 heavy (non-hydrogen) atoms. The lowest BCUT2D eigenvalue weighted by atomic mass is 9.98. The summed E-state index contributed by atoms with van der Waals surface area (Å²) in [6.07, 6.45) is 6.59. The van der Waals surface area contributed by atoms with Crippen molar-refractivity contribution in [3.05, 3.63) is 29.8 Å². The second-order valence-electron chi connectivity index (χ2n) is 6.61. The number of ether oxygens (including phenoxy) is 1. The van der Waals surface area contributed by atoms with Crippen molar-refractivity contribution in [1.82, 2.24) is 5.32 Å². The molecule has 1 aromatic rings. The Morgan fingerprint density at radius 1 is 1.29 bits per heavy atom. The molecule has 1 saturated carbocycles. The maximum atomic E-state index is 12.2. The van der Waals surface area contributed by atoms with Crippen molar-refractivity contribution in [3.8, 4) is 0 Å². The lowest BCUT2D eigenvalue weighted by molar-refractivity contribution is -0.117. The van der Waals surface area contributed by atoms with E-state index in [2.05, 4.69) is 10.6 Å². The molecule has 3 N–H and O–H groups in total. The number of aliphatic hydroxyl groups is 1. The van der Waals surface area contributed by atoms with Gasteiger partial charge in [-0.2, -0.15) is 0 Å². The van der Waals surface area contributed by atoms with Gasteiger partial charge in [0.15, 0.2) is 0 Å². The molecular formula is C18H27ClN2O3. The Bertz CT molecular complexity index is 535. The van der Waals surface area contributed by atoms with Gasteiger partial charge in [0.25, 0.3) is 0 Å². The summed E-state index contributed by atoms with van der Waals surface area (Å²) in [5, 5.41) is 15.4. The summed E-state index contributed by atoms with van der Waals surface area (Å²) in [6.45, 7) is 1.07. The first kappa shape index (κ1) is 19.2. The molecule has 1 aliphatic heterocycles. The second-order valence-corrected chi connectivity index (χ2v) is 6.61. The van der Waals surface area contributed by atoms with Crippen LogP contribution < -0.4 is 10.6 Å². The number of nitrogens with one attached hydrogen (secondary N) is 2. The van der Waals surface area contributed by atoms with Crippen LogP contribution in [0.2, 0.25) is 0 Å². The quantitative estimate of drug-likeness (QED) is 0.760. The van der Waals surface area contributed by atoms with E-state index in [4.69, 9.17) is 4.74 Å². The van der Waals surface area contributed by atoms with E-state index < -0.39 is 6.10 Å². The van der Waals surface area contributed by atoms with Gasteiger partial charge >= 0.3 is 0 Å². The predicted octanol–water partition coefficient (Wildman–Crippen LogP) is 2.62. The molecule has 5 nitrogen and oxygen atoms in total. The monoisotopic (exact) mass is 354 g/mol. The number of hydrogen-bond acceptors (Lipinski definition) is 4. The standard InChI is InChI=1S/C18H26N2O3.ClH/c21-15-10-17(19-11-15)18(22)20-14-6-4-5-13(9-14)12-23-16-7-2-1-3-8-16;/h4-6,9,15-17,19,21H,1-3,7-8,10-12H2,(H,20,22);1H. The van der Waals surface area contributed by atoms with Gasteiger partial charge in [-0.25, -0.2) is 0 Å². The van der Waals surface area contributed by atoms with Crippen molar-refractivity contribution >= 4 is 24.0 Å². The van der Waals surface area contributed by atoms with Crippen LogP contribution in [-0.2, 0) is 16.1 Å². The van der Waals surface area contributed by atoms with Gasteiger partial charge in [-0.1, -0.05) is 31.4 Å². The van der Waals surface area contributed by atoms with Gasteiger partial charge in [0.05, 0.1) is 24.9 Å². The molecule has 0 bridgehead atoms. The fourth-order valence-electron chi connectivity index (χ4n) is 3.33. The van der Waals surface area contributed by atoms with Gasteiger partial charge < -0.3 is 20.5 Å². The summed E-state index contributed by atoms with van der Waals surface area (Å²) in [6, 6.07) is 7.49. The third-order valence-electron chi connectivity index (χ3n) is 4.66. The van der Waals surface area contributed by atoms with E-state index in [1.54, 1.807) is 0 Å². The molecule has 2 aliphatic rings. The zero-order valence-electron chi connectivity index (χ0n) is 13.9. The maximum Gasteiger partial charge on any atom is 0.241 e. The van der Waals surface area contributed by atoms with Crippen LogP contribution in [0.5, 0.6) is 0 Å². The number of anilines is 1. The van der Waals surface area contributed by atoms with Crippen LogP contribution in [0.1, 0.15) is 44.1 Å². The lowest BCUT2D eigenvalue weighted by Crippen LogP contribution is -2.35. The molecule has 0 aromatic heterocycles. The van der Waals surface area contributed by atoms with Crippen LogP contribution in [0.3, 0.4) is 0 Å². The average Bonchev–Trinajstić information content (AvgIpc) is 3.01. The Hall–Kier alpha value is -1.14. The third-order valence-corrected chi connectivity index (χ3v) is 4.66. The fourth-order valence-corrected chi connectivity index (χ4v) is 3.33. The first-order valence-electron chi connectivity index (χ1n) is 8.63. The number of rotatable bonds is 5. The van der Waals surface area contributed by atoms with Crippen molar-refractivity contribution in [2.45, 2.75) is 63.4 Å². The largest absolute Gasteiger partial charge is 0.392 e. The topological polar surface area (TPSA) is 70.6 Å². The number of aliphatic hydroxyl groups excluding tert-OH is 1. The maximum absolute atomic E-state index is 12.2. The summed E-state index contributed by atoms with van der Waals surface area (Å²) in [5.74, 6) is -0.0908. The molecule has 2 atom stereocenters. The highest BCUT2D eigenvalue weighted by molar-refractivity contribution is 5.95. The van der Waals surface area contributed by atoms with E-state index in [0.29, 0.717) is 25.7 Å². The minimum atomic E-state index is -0.430. The second kappa shape index (κ2) is 9.37. The van der Waals surface area contributed by atoms with Crippen molar-refractivity contribution in [1.29, 1.82) is 0 Å². The van der Waals surface area contributed by atoms with Crippen molar-refractivity contribution in [2.75, 3.05) is 11.9 Å². The Morgan fingerprint density at radius 2 is 2.08 bits per heavy atom. The number of benzene rings is 1. The highest BCUT2D eigenvalue weighted by Gasteiger charge is 2.27. The molecule has 0 radical (unpaired) electrons. The SMILES string of the molecule is Cl.O=C(Nc1cccc(COC2CCCCC2)c1)C1CC(O)CN1. The third kappa shape index (κ3) is 5.45. The van der Waals surface area contributed by atoms with E-state index >= 15 is 0 Å². The van der Waals surface area contributed by atoms with Crippen molar-refractivity contribution in [2.24, 2.45) is 0 Å². The summed E-state index contributed by atoms with van der Waals surface area (Å²) in [7, 11) is 0. The molecule has 134 valence electrons. The molecule has 2 unspecified atom stereocenters. The summed E-state index contributed by atoms with van der Waals surface area (Å²) in [4.78, 5) is 12.2. The molecule has 1 amide bonds. The van der Waals surface area contributed by atoms with E-state index in [9.17, 15) is 9.90 Å². The van der Waals surface area contributed by atoms with Crippen LogP contribution >= 0.6 is 12.4 Å². The normalized spacial score (nSPS) is 24.4. The summed E-state index contributed by atoms with van der Waals surface area (Å²) in [5.41, 5.74) is 1.86. The van der Waals surface area contributed by atoms with Crippen LogP contribution in [0.25, 0.3) is 0 Å². The zero-order valence-corrected chi connectivity index (χ0v) is 14.7. The minimum absolute atomic E-state index is 0. The van der Waals surface area contributed by atoms with Crippen molar-refractivity contribution in [3.63, 3.8) is 0 Å². The Morgan fingerprint density at radius 3 is 2.79 bits per heavy atom. The van der Waals surface area contributed by atoms with Gasteiger partial charge in [0.1, 0.15) is 0 Å². The smallest absolute Gasteiger partial charge is 0.241 e. The molecule has 1 saturated heterocycles. The molecule has 6 heteroatoms. The molecule has 3 rings (SSSR count). The number of amides is 1. The summed E-state index contributed by atoms with van der Waals surface area (Å²) >= 11 is 0. The van der Waals surface area contributed by atoms with Crippen LogP contribution in [0.4, 0.5) is 5.69 Å². The number of hydrogen-bond donors (Lipinski definition) is 3. The predicted molar refractivity (Wildman–Crippen MR) is 96.4 cm³/mol. The summed E-state index contributed by atoms with van der Waals surface area (Å²) < 4.78 is 5.98. The van der Waals surface area contributed by atoms with E-state index in [1.807, 2.05) is 24.3 Å². The lowest BCUT2D eigenvalue weighted by Gasteiger charge is -2.22. The average molecular weight is 355 g/mol. The minimum Gasteiger partial charge on any atom is -0.392 e. The van der Waals surface area contributed by atoms with Gasteiger partial charge in [-0.05, 0) is 37.0 Å². The van der Waals surface area contributed by atoms with Gasteiger partial charge in [-0.15, -0.1) is 12.4 Å². The Labute approximate surface area is 149 Å². The molecule has 1 heterocycles. The van der Waals surface area contributed by atoms with E-state index in [0.717, 1.165) is 24.1 Å².